The molecule has 152 valence electrons. The smallest absolute Gasteiger partial charge is 0.321 e. The van der Waals surface area contributed by atoms with Crippen molar-refractivity contribution in [3.8, 4) is 11.1 Å². The van der Waals surface area contributed by atoms with Crippen molar-refractivity contribution >= 4 is 33.5 Å². The van der Waals surface area contributed by atoms with Gasteiger partial charge < -0.3 is 9.73 Å². The summed E-state index contributed by atoms with van der Waals surface area (Å²) in [5.74, 6) is -0.0631. The summed E-state index contributed by atoms with van der Waals surface area (Å²) < 4.78 is 6.30. The molecule has 2 N–H and O–H groups in total. The van der Waals surface area contributed by atoms with Crippen molar-refractivity contribution in [1.82, 2.24) is 20.2 Å². The minimum Gasteiger partial charge on any atom is -0.467 e. The Morgan fingerprint density at radius 1 is 1.20 bits per heavy atom. The maximum absolute atomic E-state index is 13.0. The van der Waals surface area contributed by atoms with Gasteiger partial charge in [0.1, 0.15) is 17.1 Å². The van der Waals surface area contributed by atoms with Crippen LogP contribution < -0.4 is 16.2 Å². The highest BCUT2D eigenvalue weighted by Gasteiger charge is 2.15. The third kappa shape index (κ3) is 4.15. The molecule has 0 spiro atoms. The Kier molecular flexibility index (Phi) is 5.44. The number of nitrogens with zero attached hydrogens (tertiary/aromatic N) is 2. The molecule has 0 saturated carbocycles. The van der Waals surface area contributed by atoms with Crippen molar-refractivity contribution in [2.24, 2.45) is 0 Å². The predicted octanol–water partition coefficient (Wildman–Crippen LogP) is 3.05. The van der Waals surface area contributed by atoms with E-state index in [1.807, 2.05) is 36.6 Å². The zero-order valence-corrected chi connectivity index (χ0v) is 16.9. The molecule has 3 aromatic heterocycles. The molecule has 0 aliphatic carbocycles. The number of aryl methyl sites for hydroxylation is 1. The highest BCUT2D eigenvalue weighted by atomic mass is 32.1. The Labute approximate surface area is 175 Å². The Morgan fingerprint density at radius 3 is 2.73 bits per heavy atom. The minimum absolute atomic E-state index is 0.147. The summed E-state index contributed by atoms with van der Waals surface area (Å²) >= 11 is 1.37. The van der Waals surface area contributed by atoms with Crippen molar-refractivity contribution in [3.05, 3.63) is 76.0 Å². The number of imide groups is 1. The van der Waals surface area contributed by atoms with Crippen molar-refractivity contribution in [2.75, 3.05) is 0 Å². The van der Waals surface area contributed by atoms with E-state index in [-0.39, 0.29) is 18.6 Å². The number of hydrogen-bond acceptors (Lipinski definition) is 6. The summed E-state index contributed by atoms with van der Waals surface area (Å²) in [7, 11) is 0. The lowest BCUT2D eigenvalue weighted by molar-refractivity contribution is -0.120. The molecule has 0 unspecified atom stereocenters. The molecule has 0 bridgehead atoms. The summed E-state index contributed by atoms with van der Waals surface area (Å²) in [5.41, 5.74) is 2.47. The van der Waals surface area contributed by atoms with E-state index in [0.717, 1.165) is 16.7 Å². The van der Waals surface area contributed by atoms with Gasteiger partial charge in [0.15, 0.2) is 0 Å². The van der Waals surface area contributed by atoms with Crippen LogP contribution in [-0.2, 0) is 17.9 Å². The fourth-order valence-corrected chi connectivity index (χ4v) is 3.88. The molecule has 0 aliphatic rings. The average molecular weight is 422 g/mol. The Bertz CT molecular complexity index is 1260. The van der Waals surface area contributed by atoms with E-state index in [4.69, 9.17) is 4.42 Å². The predicted molar refractivity (Wildman–Crippen MR) is 113 cm³/mol. The number of thiophene rings is 1. The van der Waals surface area contributed by atoms with Gasteiger partial charge in [0.25, 0.3) is 5.56 Å². The van der Waals surface area contributed by atoms with E-state index in [2.05, 4.69) is 15.6 Å². The Morgan fingerprint density at radius 2 is 2.00 bits per heavy atom. The molecule has 30 heavy (non-hydrogen) atoms. The molecule has 3 heterocycles. The maximum atomic E-state index is 13.0. The standard InChI is InChI=1S/C21H18N4O4S/c1-13-4-6-14(7-5-13)16-11-30-19-18(16)20(27)25(12-23-19)10-17(26)24-21(28)22-9-15-3-2-8-29-15/h2-8,11-12H,9-10H2,1H3,(H2,22,24,26,28). The molecule has 0 saturated heterocycles. The van der Waals surface area contributed by atoms with Crippen LogP contribution in [0.1, 0.15) is 11.3 Å². The summed E-state index contributed by atoms with van der Waals surface area (Å²) in [6, 6.07) is 10.6. The maximum Gasteiger partial charge on any atom is 0.321 e. The molecular formula is C21H18N4O4S. The van der Waals surface area contributed by atoms with Crippen molar-refractivity contribution in [3.63, 3.8) is 0 Å². The molecule has 4 aromatic rings. The van der Waals surface area contributed by atoms with Crippen molar-refractivity contribution in [1.29, 1.82) is 0 Å². The number of nitrogens with one attached hydrogen (secondary N) is 2. The van der Waals surface area contributed by atoms with Gasteiger partial charge in [-0.3, -0.25) is 19.5 Å². The van der Waals surface area contributed by atoms with E-state index in [1.54, 1.807) is 12.1 Å². The number of benzene rings is 1. The molecule has 0 aliphatic heterocycles. The summed E-state index contributed by atoms with van der Waals surface area (Å²) in [6.07, 6.45) is 2.81. The van der Waals surface area contributed by atoms with Crippen LogP contribution in [0.2, 0.25) is 0 Å². The van der Waals surface area contributed by atoms with Gasteiger partial charge in [-0.25, -0.2) is 9.78 Å². The number of furan rings is 1. The Balaban J connectivity index is 1.50. The second-order valence-electron chi connectivity index (χ2n) is 6.68. The first-order valence-corrected chi connectivity index (χ1v) is 10.0. The van der Waals surface area contributed by atoms with Crippen LogP contribution in [0, 0.1) is 6.92 Å². The molecular weight excluding hydrogens is 404 g/mol. The van der Waals surface area contributed by atoms with Gasteiger partial charge in [0.2, 0.25) is 5.91 Å². The van der Waals surface area contributed by atoms with Gasteiger partial charge in [0, 0.05) is 10.9 Å². The fraction of sp³-hybridized carbons (Fsp3) is 0.143. The number of hydrogen-bond donors (Lipinski definition) is 2. The van der Waals surface area contributed by atoms with Crippen LogP contribution in [0.5, 0.6) is 0 Å². The van der Waals surface area contributed by atoms with E-state index in [1.165, 1.54) is 28.5 Å². The Hall–Kier alpha value is -3.72. The molecule has 9 heteroatoms. The lowest BCUT2D eigenvalue weighted by Gasteiger charge is -2.08. The number of carbonyl (C=O) groups is 2. The number of fused-ring (bicyclic) bond motifs is 1. The van der Waals surface area contributed by atoms with Gasteiger partial charge in [0.05, 0.1) is 24.5 Å². The van der Waals surface area contributed by atoms with Gasteiger partial charge >= 0.3 is 6.03 Å². The molecule has 8 nitrogen and oxygen atoms in total. The first-order valence-electron chi connectivity index (χ1n) is 9.15. The minimum atomic E-state index is -0.672. The quantitative estimate of drug-likeness (QED) is 0.514. The number of amides is 3. The zero-order valence-electron chi connectivity index (χ0n) is 16.0. The molecule has 0 fully saturated rings. The highest BCUT2D eigenvalue weighted by molar-refractivity contribution is 7.17. The van der Waals surface area contributed by atoms with Crippen LogP contribution in [0.15, 0.2) is 63.6 Å². The second-order valence-corrected chi connectivity index (χ2v) is 7.54. The molecule has 1 aromatic carbocycles. The molecule has 0 atom stereocenters. The summed E-state index contributed by atoms with van der Waals surface area (Å²) in [5, 5.41) is 7.05. The topological polar surface area (TPSA) is 106 Å². The SMILES string of the molecule is Cc1ccc(-c2csc3ncn(CC(=O)NC(=O)NCc4ccco4)c(=O)c23)cc1. The number of rotatable bonds is 5. The fourth-order valence-electron chi connectivity index (χ4n) is 2.97. The van der Waals surface area contributed by atoms with Crippen LogP contribution in [0.25, 0.3) is 21.3 Å². The lowest BCUT2D eigenvalue weighted by atomic mass is 10.1. The first kappa shape index (κ1) is 19.6. The van der Waals surface area contributed by atoms with Crippen molar-refractivity contribution in [2.45, 2.75) is 20.0 Å². The number of carbonyl (C=O) groups excluding carboxylic acids is 2. The number of urea groups is 1. The number of aromatic nitrogens is 2. The van der Waals surface area contributed by atoms with Gasteiger partial charge in [-0.15, -0.1) is 11.3 Å². The molecule has 3 amide bonds. The van der Waals surface area contributed by atoms with Gasteiger partial charge in [-0.2, -0.15) is 0 Å². The summed E-state index contributed by atoms with van der Waals surface area (Å²) in [4.78, 5) is 42.0. The van der Waals surface area contributed by atoms with Crippen LogP contribution in [0.3, 0.4) is 0 Å². The third-order valence-electron chi connectivity index (χ3n) is 4.49. The van der Waals surface area contributed by atoms with E-state index in [9.17, 15) is 14.4 Å². The van der Waals surface area contributed by atoms with E-state index >= 15 is 0 Å². The van der Waals surface area contributed by atoms with Gasteiger partial charge in [-0.1, -0.05) is 29.8 Å². The van der Waals surface area contributed by atoms with E-state index < -0.39 is 11.9 Å². The largest absolute Gasteiger partial charge is 0.467 e. The van der Waals surface area contributed by atoms with Crippen molar-refractivity contribution < 1.29 is 14.0 Å². The first-order chi connectivity index (χ1) is 14.5. The molecule has 0 radical (unpaired) electrons. The third-order valence-corrected chi connectivity index (χ3v) is 5.38. The summed E-state index contributed by atoms with van der Waals surface area (Å²) in [6.45, 7) is 1.82. The van der Waals surface area contributed by atoms with Crippen LogP contribution in [0.4, 0.5) is 4.79 Å². The van der Waals surface area contributed by atoms with Crippen LogP contribution >= 0.6 is 11.3 Å². The average Bonchev–Trinajstić information content (AvgIpc) is 3.39. The van der Waals surface area contributed by atoms with E-state index in [0.29, 0.717) is 16.0 Å². The molecule has 4 rings (SSSR count). The van der Waals surface area contributed by atoms with Gasteiger partial charge in [-0.05, 0) is 24.6 Å². The highest BCUT2D eigenvalue weighted by Crippen LogP contribution is 2.30. The zero-order chi connectivity index (χ0) is 21.1. The second kappa shape index (κ2) is 8.34. The van der Waals surface area contributed by atoms with Crippen LogP contribution in [-0.4, -0.2) is 21.5 Å². The monoisotopic (exact) mass is 422 g/mol. The normalized spacial score (nSPS) is 10.8. The lowest BCUT2D eigenvalue weighted by Crippen LogP contribution is -2.41.